The first-order chi connectivity index (χ1) is 19.5. The second-order valence-electron chi connectivity index (χ2n) is 7.44. The summed E-state index contributed by atoms with van der Waals surface area (Å²) in [6, 6.07) is 10.6. The summed E-state index contributed by atoms with van der Waals surface area (Å²) in [5.41, 5.74) is -2.07. The molecule has 0 bridgehead atoms. The van der Waals surface area contributed by atoms with E-state index in [1.54, 1.807) is 18.2 Å². The number of ketones is 1. The molecule has 5 aromatic rings. The van der Waals surface area contributed by atoms with E-state index in [-0.39, 0.29) is 43.3 Å². The predicted octanol–water partition coefficient (Wildman–Crippen LogP) is 6.86. The number of hydrogen-bond acceptors (Lipinski definition) is 3. The molecule has 0 unspecified atom stereocenters. The van der Waals surface area contributed by atoms with Crippen LogP contribution in [-0.4, -0.2) is 15.8 Å². The molecular formula is C29H14F4N2OPt. The van der Waals surface area contributed by atoms with Crippen molar-refractivity contribution in [2.24, 2.45) is 0 Å². The molecule has 0 N–H and O–H groups in total. The minimum Gasteiger partial charge on any atom is -0.333 e. The number of halogens is 4. The molecule has 2 heterocycles. The molecule has 0 fully saturated rings. The first-order valence-electron chi connectivity index (χ1n) is 12.8. The minimum atomic E-state index is -1.38. The molecule has 0 aliphatic carbocycles. The van der Waals surface area contributed by atoms with Crippen LogP contribution in [0.25, 0.3) is 33.5 Å². The van der Waals surface area contributed by atoms with Gasteiger partial charge in [0.05, 0.1) is 18.9 Å². The molecule has 184 valence electrons. The molecule has 8 heteroatoms. The summed E-state index contributed by atoms with van der Waals surface area (Å²) in [6.07, 6.45) is 2.03. The smallest absolute Gasteiger partial charge is 0.333 e. The third-order valence-electron chi connectivity index (χ3n) is 5.10. The quantitative estimate of drug-likeness (QED) is 0.116. The number of aromatic nitrogens is 2. The number of pyridine rings is 2. The first kappa shape index (κ1) is 20.1. The van der Waals surface area contributed by atoms with E-state index in [1.807, 2.05) is 0 Å². The number of hydrogen-bond donors (Lipinski definition) is 0. The van der Waals surface area contributed by atoms with Gasteiger partial charge in [0.15, 0.2) is 0 Å². The van der Waals surface area contributed by atoms with Crippen LogP contribution in [0, 0.1) is 35.4 Å². The predicted molar refractivity (Wildman–Crippen MR) is 126 cm³/mol. The van der Waals surface area contributed by atoms with Crippen LogP contribution in [0.3, 0.4) is 0 Å². The molecule has 0 aliphatic rings. The van der Waals surface area contributed by atoms with Gasteiger partial charge >= 0.3 is 21.1 Å². The average molecular weight is 683 g/mol. The Morgan fingerprint density at radius 1 is 0.811 bits per heavy atom. The Labute approximate surface area is 231 Å². The molecule has 0 amide bonds. The van der Waals surface area contributed by atoms with Crippen molar-refractivity contribution in [3.05, 3.63) is 132 Å². The molecule has 3 nitrogen and oxygen atoms in total. The van der Waals surface area contributed by atoms with Crippen molar-refractivity contribution in [3.8, 4) is 33.5 Å². The van der Waals surface area contributed by atoms with E-state index in [0.717, 1.165) is 0 Å². The van der Waals surface area contributed by atoms with Gasteiger partial charge in [-0.2, -0.15) is 17.7 Å². The zero-order valence-electron chi connectivity index (χ0n) is 23.3. The molecule has 0 atom stereocenters. The fraction of sp³-hybridized carbons (Fsp3) is 0. The Balaban J connectivity index is 0.00000405. The molecule has 2 aromatic heterocycles. The maximum Gasteiger partial charge on any atom is 2.00 e. The summed E-state index contributed by atoms with van der Waals surface area (Å²) in [7, 11) is 0. The van der Waals surface area contributed by atoms with Crippen molar-refractivity contribution in [2.45, 2.75) is 0 Å². The maximum atomic E-state index is 15.2. The maximum absolute atomic E-state index is 15.2. The second kappa shape index (κ2) is 11.0. The summed E-state index contributed by atoms with van der Waals surface area (Å²) in [5.74, 6) is -6.32. The Hall–Kier alpha value is -3.96. The Morgan fingerprint density at radius 3 is 2.27 bits per heavy atom. The molecule has 0 radical (unpaired) electrons. The summed E-state index contributed by atoms with van der Waals surface area (Å²) in [4.78, 5) is 20.5. The van der Waals surface area contributed by atoms with Gasteiger partial charge in [-0.1, -0.05) is 54.0 Å². The van der Waals surface area contributed by atoms with Crippen molar-refractivity contribution < 1.29 is 50.3 Å². The van der Waals surface area contributed by atoms with Crippen molar-refractivity contribution in [1.29, 1.82) is 0 Å². The number of nitrogens with zero attached hydrogens (tertiary/aromatic N) is 2. The van der Waals surface area contributed by atoms with E-state index in [1.165, 1.54) is 18.3 Å². The van der Waals surface area contributed by atoms with Gasteiger partial charge in [-0.3, -0.25) is 18.7 Å². The SMILES string of the molecule is [2H]c1c([2H])c([2H])c(-c2cc(-c3ccccn3)[c-]c(-c3[c-]c(C(=O)c4ncc(F)cc4F)c(F)cc3F)c2)c([2H])c1[2H].[Pt+2]. The molecule has 3 aromatic carbocycles. The van der Waals surface area contributed by atoms with Crippen molar-refractivity contribution in [1.82, 2.24) is 9.97 Å². The molecule has 0 saturated heterocycles. The first-order valence-corrected chi connectivity index (χ1v) is 10.3. The van der Waals surface area contributed by atoms with Crippen LogP contribution in [-0.2, 0) is 21.1 Å². The Kier molecular flexibility index (Phi) is 5.97. The van der Waals surface area contributed by atoms with E-state index in [0.29, 0.717) is 24.0 Å². The van der Waals surface area contributed by atoms with E-state index < -0.39 is 76.1 Å². The minimum absolute atomic E-state index is 0. The third kappa shape index (κ3) is 5.42. The van der Waals surface area contributed by atoms with Crippen molar-refractivity contribution in [3.63, 3.8) is 0 Å². The summed E-state index contributed by atoms with van der Waals surface area (Å²) < 4.78 is 98.2. The van der Waals surface area contributed by atoms with Gasteiger partial charge in [0.1, 0.15) is 23.1 Å². The molecule has 0 aliphatic heterocycles. The van der Waals surface area contributed by atoms with Crippen LogP contribution < -0.4 is 0 Å². The van der Waals surface area contributed by atoms with Gasteiger partial charge in [-0.05, 0) is 17.2 Å². The Bertz CT molecular complexity index is 1850. The summed E-state index contributed by atoms with van der Waals surface area (Å²) in [6.45, 7) is 0. The molecular weight excluding hydrogens is 663 g/mol. The van der Waals surface area contributed by atoms with Gasteiger partial charge in [-0.25, -0.2) is 8.78 Å². The van der Waals surface area contributed by atoms with Crippen LogP contribution in [0.2, 0.25) is 0 Å². The monoisotopic (exact) mass is 682 g/mol. The van der Waals surface area contributed by atoms with Crippen LogP contribution in [0.1, 0.15) is 22.9 Å². The molecule has 37 heavy (non-hydrogen) atoms. The number of carbonyl (C=O) groups excluding carboxylic acids is 1. The van der Waals surface area contributed by atoms with Crippen molar-refractivity contribution in [2.75, 3.05) is 0 Å². The van der Waals surface area contributed by atoms with E-state index in [9.17, 15) is 18.0 Å². The van der Waals surface area contributed by atoms with E-state index in [4.69, 9.17) is 6.85 Å². The van der Waals surface area contributed by atoms with Gasteiger partial charge in [0.2, 0.25) is 0 Å². The van der Waals surface area contributed by atoms with Crippen LogP contribution in [0.5, 0.6) is 0 Å². The largest absolute Gasteiger partial charge is 2.00 e. The van der Waals surface area contributed by atoms with E-state index >= 15 is 4.39 Å². The average Bonchev–Trinajstić information content (AvgIpc) is 2.95. The van der Waals surface area contributed by atoms with Gasteiger partial charge in [-0.15, -0.1) is 23.3 Å². The summed E-state index contributed by atoms with van der Waals surface area (Å²) in [5, 5.41) is 0. The standard InChI is InChI=1S/C29H14F4N2O.Pt/c30-21-13-26(33)28(35-16-21)29(36)23-14-22(24(31)15-25(23)32)19-10-18(17-6-2-1-3-7-17)11-20(12-19)27-8-4-5-9-34-27;/h1-11,13,15-16H;/q-2;+2/i1D,2D,3D,6D,7D;. The zero-order valence-corrected chi connectivity index (χ0v) is 20.6. The topological polar surface area (TPSA) is 42.9 Å². The zero-order chi connectivity index (χ0) is 29.6. The van der Waals surface area contributed by atoms with Crippen LogP contribution in [0.15, 0.2) is 85.1 Å². The fourth-order valence-corrected chi connectivity index (χ4v) is 3.46. The molecule has 0 spiro atoms. The number of carbonyl (C=O) groups is 1. The van der Waals surface area contributed by atoms with Gasteiger partial charge < -0.3 is 4.79 Å². The van der Waals surface area contributed by atoms with E-state index in [2.05, 4.69) is 22.1 Å². The number of rotatable bonds is 5. The molecule has 0 saturated carbocycles. The normalized spacial score (nSPS) is 12.5. The molecule has 5 rings (SSSR count). The van der Waals surface area contributed by atoms with Crippen LogP contribution >= 0.6 is 0 Å². The summed E-state index contributed by atoms with van der Waals surface area (Å²) >= 11 is 0. The van der Waals surface area contributed by atoms with Crippen LogP contribution in [0.4, 0.5) is 17.6 Å². The second-order valence-corrected chi connectivity index (χ2v) is 7.44. The fourth-order valence-electron chi connectivity index (χ4n) is 3.46. The van der Waals surface area contributed by atoms with Gasteiger partial charge in [0.25, 0.3) is 0 Å². The Morgan fingerprint density at radius 2 is 1.57 bits per heavy atom. The van der Waals surface area contributed by atoms with Crippen molar-refractivity contribution >= 4 is 5.78 Å². The third-order valence-corrected chi connectivity index (χ3v) is 5.10. The number of benzene rings is 3. The van der Waals surface area contributed by atoms with Gasteiger partial charge in [0, 0.05) is 23.8 Å².